The first-order valence-electron chi connectivity index (χ1n) is 10.1. The number of rotatable bonds is 9. The monoisotopic (exact) mass is 531 g/mol. The maximum atomic E-state index is 13.8. The number of anilines is 1. The second-order valence-corrected chi connectivity index (χ2v) is 8.94. The van der Waals surface area contributed by atoms with Gasteiger partial charge in [-0.05, 0) is 49.2 Å². The number of nitrogens with zero attached hydrogens (tertiary/aromatic N) is 3. The molecule has 7 nitrogen and oxygen atoms in total. The fourth-order valence-electron chi connectivity index (χ4n) is 3.01. The second-order valence-electron chi connectivity index (χ2n) is 7.14. The minimum atomic E-state index is -0.596. The summed E-state index contributed by atoms with van der Waals surface area (Å²) in [5.74, 6) is -0.712. The molecule has 3 aromatic rings. The number of hydrogen-bond acceptors (Lipinski definition) is 5. The van der Waals surface area contributed by atoms with Crippen molar-refractivity contribution in [1.29, 1.82) is 0 Å². The predicted molar refractivity (Wildman–Crippen MR) is 131 cm³/mol. The Hall–Kier alpha value is -2.98. The van der Waals surface area contributed by atoms with Crippen LogP contribution in [0.5, 0.6) is 0 Å². The lowest BCUT2D eigenvalue weighted by Gasteiger charge is -2.12. The summed E-state index contributed by atoms with van der Waals surface area (Å²) in [6.07, 6.45) is 1.67. The summed E-state index contributed by atoms with van der Waals surface area (Å²) in [4.78, 5) is 24.8. The number of halogens is 2. The first-order valence-corrected chi connectivity index (χ1v) is 11.8. The van der Waals surface area contributed by atoms with Crippen LogP contribution >= 0.6 is 27.7 Å². The zero-order valence-electron chi connectivity index (χ0n) is 18.2. The molecule has 2 amide bonds. The molecule has 2 N–H and O–H groups in total. The minimum absolute atomic E-state index is 0.0444. The van der Waals surface area contributed by atoms with Crippen molar-refractivity contribution in [2.45, 2.75) is 32.1 Å². The van der Waals surface area contributed by atoms with Gasteiger partial charge >= 0.3 is 0 Å². The highest BCUT2D eigenvalue weighted by Gasteiger charge is 2.16. The van der Waals surface area contributed by atoms with Crippen molar-refractivity contribution in [1.82, 2.24) is 20.1 Å². The molecule has 0 saturated heterocycles. The number of thioether (sulfide) groups is 1. The number of nitrogens with one attached hydrogen (secondary N) is 2. The Morgan fingerprint density at radius 2 is 1.94 bits per heavy atom. The van der Waals surface area contributed by atoms with E-state index in [-0.39, 0.29) is 23.8 Å². The predicted octanol–water partition coefficient (Wildman–Crippen LogP) is 4.64. The summed E-state index contributed by atoms with van der Waals surface area (Å²) in [5, 5.41) is 14.4. The number of carbonyl (C=O) groups excluding carboxylic acids is 2. The molecule has 0 unspecified atom stereocenters. The molecule has 0 atom stereocenters. The molecule has 0 aliphatic carbocycles. The van der Waals surface area contributed by atoms with Crippen LogP contribution in [0.4, 0.5) is 10.1 Å². The number of carbonyl (C=O) groups is 2. The summed E-state index contributed by atoms with van der Waals surface area (Å²) in [5.41, 5.74) is 2.76. The molecule has 33 heavy (non-hydrogen) atoms. The van der Waals surface area contributed by atoms with E-state index in [4.69, 9.17) is 0 Å². The van der Waals surface area contributed by atoms with E-state index in [0.717, 1.165) is 21.3 Å². The molecule has 172 valence electrons. The van der Waals surface area contributed by atoms with Crippen molar-refractivity contribution in [2.75, 3.05) is 11.1 Å². The Labute approximate surface area is 204 Å². The maximum Gasteiger partial charge on any atom is 0.254 e. The SMILES string of the molecule is C=CCn1c(CNC(=O)c2ccccc2F)nnc1SCC(=O)Nc1ccc(Br)c(C)c1C. The fraction of sp³-hybridized carbons (Fsp3) is 0.217. The highest BCUT2D eigenvalue weighted by Crippen LogP contribution is 2.26. The van der Waals surface area contributed by atoms with E-state index >= 15 is 0 Å². The van der Waals surface area contributed by atoms with Crippen molar-refractivity contribution in [2.24, 2.45) is 0 Å². The topological polar surface area (TPSA) is 88.9 Å². The molecule has 0 spiro atoms. The third kappa shape index (κ3) is 6.08. The smallest absolute Gasteiger partial charge is 0.254 e. The van der Waals surface area contributed by atoms with E-state index in [0.29, 0.717) is 17.5 Å². The van der Waals surface area contributed by atoms with Crippen LogP contribution in [0.3, 0.4) is 0 Å². The molecule has 3 rings (SSSR count). The first-order chi connectivity index (χ1) is 15.8. The third-order valence-corrected chi connectivity index (χ3v) is 6.78. The molecule has 0 radical (unpaired) electrons. The molecule has 1 aromatic heterocycles. The number of benzene rings is 2. The van der Waals surface area contributed by atoms with E-state index in [1.165, 1.54) is 30.0 Å². The lowest BCUT2D eigenvalue weighted by atomic mass is 10.1. The van der Waals surface area contributed by atoms with E-state index in [9.17, 15) is 14.0 Å². The summed E-state index contributed by atoms with van der Waals surface area (Å²) < 4.78 is 16.6. The molecule has 0 aliphatic heterocycles. The highest BCUT2D eigenvalue weighted by molar-refractivity contribution is 9.10. The minimum Gasteiger partial charge on any atom is -0.345 e. The third-order valence-electron chi connectivity index (χ3n) is 4.96. The van der Waals surface area contributed by atoms with E-state index in [2.05, 4.69) is 43.3 Å². The van der Waals surface area contributed by atoms with Crippen molar-refractivity contribution in [3.05, 3.63) is 81.9 Å². The van der Waals surface area contributed by atoms with E-state index in [1.54, 1.807) is 16.7 Å². The van der Waals surface area contributed by atoms with Gasteiger partial charge in [0.1, 0.15) is 5.82 Å². The molecule has 10 heteroatoms. The van der Waals surface area contributed by atoms with Gasteiger partial charge < -0.3 is 15.2 Å². The molecule has 0 bridgehead atoms. The van der Waals surface area contributed by atoms with Gasteiger partial charge in [-0.3, -0.25) is 9.59 Å². The lowest BCUT2D eigenvalue weighted by molar-refractivity contribution is -0.113. The Morgan fingerprint density at radius 1 is 1.18 bits per heavy atom. The van der Waals surface area contributed by atoms with Gasteiger partial charge in [-0.1, -0.05) is 45.9 Å². The average molecular weight is 532 g/mol. The maximum absolute atomic E-state index is 13.8. The standard InChI is InChI=1S/C23H23BrFN5O2S/c1-4-11-30-20(12-26-22(32)16-7-5-6-8-18(16)25)28-29-23(30)33-13-21(31)27-19-10-9-17(24)14(2)15(19)3/h4-10H,1,11-13H2,2-3H3,(H,26,32)(H,27,31). The average Bonchev–Trinajstić information content (AvgIpc) is 3.18. The molecule has 0 aliphatic rings. The molecular formula is C23H23BrFN5O2S. The van der Waals surface area contributed by atoms with Gasteiger partial charge in [0, 0.05) is 16.7 Å². The molecule has 1 heterocycles. The van der Waals surface area contributed by atoms with Gasteiger partial charge in [0.25, 0.3) is 5.91 Å². The van der Waals surface area contributed by atoms with Crippen LogP contribution in [0, 0.1) is 19.7 Å². The Balaban J connectivity index is 1.64. The van der Waals surface area contributed by atoms with Gasteiger partial charge in [0.15, 0.2) is 11.0 Å². The van der Waals surface area contributed by atoms with Crippen LogP contribution in [-0.2, 0) is 17.9 Å². The zero-order chi connectivity index (χ0) is 24.0. The van der Waals surface area contributed by atoms with Crippen LogP contribution in [-0.4, -0.2) is 32.3 Å². The summed E-state index contributed by atoms with van der Waals surface area (Å²) in [6, 6.07) is 9.50. The normalized spacial score (nSPS) is 10.7. The second kappa shape index (κ2) is 11.2. The summed E-state index contributed by atoms with van der Waals surface area (Å²) in [7, 11) is 0. The van der Waals surface area contributed by atoms with E-state index in [1.807, 2.05) is 26.0 Å². The van der Waals surface area contributed by atoms with E-state index < -0.39 is 11.7 Å². The number of aromatic nitrogens is 3. The van der Waals surface area contributed by atoms with Gasteiger partial charge in [0.05, 0.1) is 17.9 Å². The van der Waals surface area contributed by atoms with Crippen LogP contribution in [0.15, 0.2) is 58.7 Å². The number of hydrogen-bond donors (Lipinski definition) is 2. The highest BCUT2D eigenvalue weighted by atomic mass is 79.9. The summed E-state index contributed by atoms with van der Waals surface area (Å²) in [6.45, 7) is 8.12. The summed E-state index contributed by atoms with van der Waals surface area (Å²) >= 11 is 4.71. The van der Waals surface area contributed by atoms with Crippen molar-refractivity contribution in [3.63, 3.8) is 0 Å². The van der Waals surface area contributed by atoms with Crippen LogP contribution in [0.1, 0.15) is 27.3 Å². The van der Waals surface area contributed by atoms with Gasteiger partial charge in [-0.15, -0.1) is 16.8 Å². The Bertz CT molecular complexity index is 1200. The zero-order valence-corrected chi connectivity index (χ0v) is 20.6. The first kappa shape index (κ1) is 24.7. The van der Waals surface area contributed by atoms with Gasteiger partial charge in [-0.25, -0.2) is 4.39 Å². The van der Waals surface area contributed by atoms with Gasteiger partial charge in [0.2, 0.25) is 5.91 Å². The molecule has 0 fully saturated rings. The molecule has 2 aromatic carbocycles. The Morgan fingerprint density at radius 3 is 2.67 bits per heavy atom. The number of amides is 2. The quantitative estimate of drug-likeness (QED) is 0.310. The Kier molecular flexibility index (Phi) is 8.40. The van der Waals surface area contributed by atoms with Crippen LogP contribution in [0.2, 0.25) is 0 Å². The largest absolute Gasteiger partial charge is 0.345 e. The fourth-order valence-corrected chi connectivity index (χ4v) is 4.20. The molecule has 0 saturated carbocycles. The van der Waals surface area contributed by atoms with Crippen molar-refractivity contribution >= 4 is 45.2 Å². The molecular weight excluding hydrogens is 509 g/mol. The van der Waals surface area contributed by atoms with Crippen LogP contribution in [0.25, 0.3) is 0 Å². The van der Waals surface area contributed by atoms with Crippen LogP contribution < -0.4 is 10.6 Å². The van der Waals surface area contributed by atoms with Gasteiger partial charge in [-0.2, -0.15) is 0 Å². The number of allylic oxidation sites excluding steroid dienone is 1. The van der Waals surface area contributed by atoms with Crippen molar-refractivity contribution in [3.8, 4) is 0 Å². The van der Waals surface area contributed by atoms with Crippen molar-refractivity contribution < 1.29 is 14.0 Å². The lowest BCUT2D eigenvalue weighted by Crippen LogP contribution is -2.25.